The fourth-order valence-corrected chi connectivity index (χ4v) is 1.11. The number of carboxylic acids is 1. The first-order chi connectivity index (χ1) is 6.52. The highest BCUT2D eigenvalue weighted by Gasteiger charge is 2.08. The van der Waals surface area contributed by atoms with E-state index in [9.17, 15) is 9.18 Å². The maximum atomic E-state index is 12.5. The maximum Gasteiger partial charge on any atom is 0.332 e. The van der Waals surface area contributed by atoms with Crippen molar-refractivity contribution in [2.45, 2.75) is 6.92 Å². The number of benzene rings is 1. The van der Waals surface area contributed by atoms with E-state index in [-0.39, 0.29) is 16.4 Å². The number of halogens is 2. The van der Waals surface area contributed by atoms with Gasteiger partial charge in [-0.2, -0.15) is 0 Å². The third-order valence-corrected chi connectivity index (χ3v) is 2.25. The van der Waals surface area contributed by atoms with Crippen LogP contribution in [0.1, 0.15) is 12.5 Å². The van der Waals surface area contributed by atoms with E-state index in [0.29, 0.717) is 5.56 Å². The predicted octanol–water partition coefficient (Wildman–Crippen LogP) is 2.88. The molecule has 1 rings (SSSR count). The summed E-state index contributed by atoms with van der Waals surface area (Å²) in [7, 11) is 0. The van der Waals surface area contributed by atoms with Crippen LogP contribution in [-0.2, 0) is 4.79 Å². The molecule has 0 heterocycles. The number of hydrogen-bond donors (Lipinski definition) is 1. The van der Waals surface area contributed by atoms with Crippen molar-refractivity contribution < 1.29 is 14.3 Å². The van der Waals surface area contributed by atoms with Gasteiger partial charge in [-0.15, -0.1) is 0 Å². The second-order valence-corrected chi connectivity index (χ2v) is 3.13. The van der Waals surface area contributed by atoms with Crippen molar-refractivity contribution in [2.75, 3.05) is 0 Å². The summed E-state index contributed by atoms with van der Waals surface area (Å²) in [5.41, 5.74) is 0.534. The molecule has 0 aliphatic rings. The molecular formula is C10H8ClFO2. The Morgan fingerprint density at radius 2 is 1.86 bits per heavy atom. The topological polar surface area (TPSA) is 37.3 Å². The van der Waals surface area contributed by atoms with Gasteiger partial charge in [-0.05, 0) is 24.6 Å². The first-order valence-corrected chi connectivity index (χ1v) is 4.26. The summed E-state index contributed by atoms with van der Waals surface area (Å²) in [4.78, 5) is 10.6. The van der Waals surface area contributed by atoms with Gasteiger partial charge in [0, 0.05) is 0 Å². The second-order valence-electron chi connectivity index (χ2n) is 2.75. The lowest BCUT2D eigenvalue weighted by molar-refractivity contribution is -0.132. The van der Waals surface area contributed by atoms with Crippen LogP contribution in [0.5, 0.6) is 0 Å². The van der Waals surface area contributed by atoms with Gasteiger partial charge in [0.1, 0.15) is 5.82 Å². The van der Waals surface area contributed by atoms with Gasteiger partial charge in [0.15, 0.2) is 0 Å². The van der Waals surface area contributed by atoms with Gasteiger partial charge in [0.25, 0.3) is 0 Å². The zero-order valence-electron chi connectivity index (χ0n) is 7.42. The average molecular weight is 215 g/mol. The van der Waals surface area contributed by atoms with Crippen LogP contribution < -0.4 is 0 Å². The van der Waals surface area contributed by atoms with Crippen LogP contribution in [0.2, 0.25) is 0 Å². The fourth-order valence-electron chi connectivity index (χ4n) is 0.907. The third-order valence-electron chi connectivity index (χ3n) is 1.75. The summed E-state index contributed by atoms with van der Waals surface area (Å²) in [5, 5.41) is 8.77. The Bertz CT molecular complexity index is 382. The molecule has 1 N–H and O–H groups in total. The minimum Gasteiger partial charge on any atom is -0.478 e. The van der Waals surface area contributed by atoms with Crippen LogP contribution in [0, 0.1) is 5.82 Å². The number of aliphatic carboxylic acids is 1. The van der Waals surface area contributed by atoms with Gasteiger partial charge in [-0.25, -0.2) is 9.18 Å². The van der Waals surface area contributed by atoms with Crippen molar-refractivity contribution in [1.29, 1.82) is 0 Å². The molecule has 0 saturated heterocycles. The number of carboxylic acid groups (broad SMARTS) is 1. The molecule has 0 aliphatic heterocycles. The Morgan fingerprint density at radius 3 is 2.29 bits per heavy atom. The van der Waals surface area contributed by atoms with Crippen molar-refractivity contribution in [3.05, 3.63) is 41.2 Å². The lowest BCUT2D eigenvalue weighted by Gasteiger charge is -2.01. The van der Waals surface area contributed by atoms with Crippen LogP contribution in [0.15, 0.2) is 29.8 Å². The second kappa shape index (κ2) is 4.24. The van der Waals surface area contributed by atoms with Crippen molar-refractivity contribution in [3.8, 4) is 0 Å². The number of rotatable bonds is 2. The van der Waals surface area contributed by atoms with Crippen LogP contribution in [0.4, 0.5) is 4.39 Å². The smallest absolute Gasteiger partial charge is 0.332 e. The molecule has 0 aliphatic carbocycles. The highest BCUT2D eigenvalue weighted by molar-refractivity contribution is 6.50. The average Bonchev–Trinajstić information content (AvgIpc) is 2.16. The van der Waals surface area contributed by atoms with E-state index < -0.39 is 5.97 Å². The third kappa shape index (κ3) is 2.33. The van der Waals surface area contributed by atoms with Gasteiger partial charge < -0.3 is 5.11 Å². The van der Waals surface area contributed by atoms with E-state index in [1.807, 2.05) is 0 Å². The monoisotopic (exact) mass is 214 g/mol. The summed E-state index contributed by atoms with van der Waals surface area (Å²) in [5.74, 6) is -1.47. The quantitative estimate of drug-likeness (QED) is 0.769. The van der Waals surface area contributed by atoms with E-state index >= 15 is 0 Å². The number of hydrogen-bond acceptors (Lipinski definition) is 1. The minimum absolute atomic E-state index is 0.0401. The van der Waals surface area contributed by atoms with Crippen molar-refractivity contribution in [1.82, 2.24) is 0 Å². The van der Waals surface area contributed by atoms with Crippen molar-refractivity contribution in [2.24, 2.45) is 0 Å². The van der Waals surface area contributed by atoms with Gasteiger partial charge in [-0.3, -0.25) is 0 Å². The van der Waals surface area contributed by atoms with E-state index in [4.69, 9.17) is 16.7 Å². The minimum atomic E-state index is -1.08. The van der Waals surface area contributed by atoms with Crippen LogP contribution >= 0.6 is 11.6 Å². The molecule has 0 amide bonds. The Morgan fingerprint density at radius 1 is 1.36 bits per heavy atom. The summed E-state index contributed by atoms with van der Waals surface area (Å²) in [6, 6.07) is 5.33. The standard InChI is InChI=1S/C10H8ClFO2/c1-6(10(13)14)9(11)7-2-4-8(12)5-3-7/h2-5H,1H3,(H,13,14)/b9-6-. The van der Waals surface area contributed by atoms with Gasteiger partial charge in [0.05, 0.1) is 10.6 Å². The molecule has 0 saturated carbocycles. The lowest BCUT2D eigenvalue weighted by Crippen LogP contribution is -1.98. The molecule has 0 fully saturated rings. The fraction of sp³-hybridized carbons (Fsp3) is 0.100. The Balaban J connectivity index is 3.12. The molecule has 0 spiro atoms. The van der Waals surface area contributed by atoms with Crippen LogP contribution in [-0.4, -0.2) is 11.1 Å². The van der Waals surface area contributed by atoms with Gasteiger partial charge in [-0.1, -0.05) is 23.7 Å². The molecule has 0 bridgehead atoms. The summed E-state index contributed by atoms with van der Waals surface area (Å²) in [6.45, 7) is 1.40. The van der Waals surface area contributed by atoms with Crippen molar-refractivity contribution in [3.63, 3.8) is 0 Å². The molecule has 0 radical (unpaired) electrons. The Kier molecular flexibility index (Phi) is 3.25. The normalized spacial score (nSPS) is 12.2. The van der Waals surface area contributed by atoms with E-state index in [1.165, 1.54) is 31.2 Å². The summed E-state index contributed by atoms with van der Waals surface area (Å²) >= 11 is 5.78. The molecular weight excluding hydrogens is 207 g/mol. The molecule has 0 unspecified atom stereocenters. The molecule has 0 atom stereocenters. The van der Waals surface area contributed by atoms with Gasteiger partial charge in [0.2, 0.25) is 0 Å². The molecule has 2 nitrogen and oxygen atoms in total. The molecule has 74 valence electrons. The van der Waals surface area contributed by atoms with Crippen molar-refractivity contribution >= 4 is 22.6 Å². The lowest BCUT2D eigenvalue weighted by atomic mass is 10.1. The highest BCUT2D eigenvalue weighted by atomic mass is 35.5. The predicted molar refractivity (Wildman–Crippen MR) is 52.5 cm³/mol. The largest absolute Gasteiger partial charge is 0.478 e. The van der Waals surface area contributed by atoms with Crippen LogP contribution in [0.25, 0.3) is 5.03 Å². The zero-order chi connectivity index (χ0) is 10.7. The summed E-state index contributed by atoms with van der Waals surface area (Å²) < 4.78 is 12.5. The maximum absolute atomic E-state index is 12.5. The first-order valence-electron chi connectivity index (χ1n) is 3.88. The van der Waals surface area contributed by atoms with Gasteiger partial charge >= 0.3 is 5.97 Å². The van der Waals surface area contributed by atoms with E-state index in [2.05, 4.69) is 0 Å². The molecule has 4 heteroatoms. The SMILES string of the molecule is C/C(C(=O)O)=C(/Cl)c1ccc(F)cc1. The van der Waals surface area contributed by atoms with Crippen LogP contribution in [0.3, 0.4) is 0 Å². The molecule has 1 aromatic carbocycles. The zero-order valence-corrected chi connectivity index (χ0v) is 8.18. The summed E-state index contributed by atoms with van der Waals surface area (Å²) in [6.07, 6.45) is 0. The first kappa shape index (κ1) is 10.7. The Labute approximate surface area is 85.6 Å². The Hall–Kier alpha value is -1.35. The molecule has 0 aromatic heterocycles. The number of carbonyl (C=O) groups is 1. The molecule has 14 heavy (non-hydrogen) atoms. The van der Waals surface area contributed by atoms with E-state index in [0.717, 1.165) is 0 Å². The van der Waals surface area contributed by atoms with E-state index in [1.54, 1.807) is 0 Å². The highest BCUT2D eigenvalue weighted by Crippen LogP contribution is 2.23. The molecule has 1 aromatic rings.